The molecule has 3 N–H and O–H groups in total. The molecule has 5 nitrogen and oxygen atoms in total. The van der Waals surface area contributed by atoms with Crippen molar-refractivity contribution in [1.82, 2.24) is 15.4 Å². The van der Waals surface area contributed by atoms with Crippen molar-refractivity contribution < 1.29 is 8.42 Å². The minimum absolute atomic E-state index is 0.171. The highest BCUT2D eigenvalue weighted by molar-refractivity contribution is 7.89. The molecule has 0 aromatic rings. The highest BCUT2D eigenvalue weighted by atomic mass is 32.2. The molecular weight excluding hydrogens is 274 g/mol. The van der Waals surface area contributed by atoms with E-state index in [1.54, 1.807) is 0 Å². The molecule has 0 radical (unpaired) electrons. The van der Waals surface area contributed by atoms with E-state index in [0.717, 1.165) is 6.54 Å². The SMILES string of the molecule is CNS(=O)(=O)CCNC1CCCCC1C1CCCCN1. The fraction of sp³-hybridized carbons (Fsp3) is 1.00. The first-order valence-electron chi connectivity index (χ1n) is 8.00. The third kappa shape index (κ3) is 4.69. The van der Waals surface area contributed by atoms with Gasteiger partial charge >= 0.3 is 0 Å². The van der Waals surface area contributed by atoms with Crippen LogP contribution in [0.1, 0.15) is 44.9 Å². The minimum atomic E-state index is -3.09. The topological polar surface area (TPSA) is 70.2 Å². The molecule has 0 spiro atoms. The van der Waals surface area contributed by atoms with E-state index in [2.05, 4.69) is 15.4 Å². The van der Waals surface area contributed by atoms with Gasteiger partial charge in [-0.1, -0.05) is 19.3 Å². The molecule has 2 aliphatic rings. The van der Waals surface area contributed by atoms with Gasteiger partial charge in [0.15, 0.2) is 0 Å². The van der Waals surface area contributed by atoms with E-state index in [1.807, 2.05) is 0 Å². The molecule has 1 heterocycles. The van der Waals surface area contributed by atoms with Crippen molar-refractivity contribution in [2.75, 3.05) is 25.9 Å². The van der Waals surface area contributed by atoms with E-state index < -0.39 is 10.0 Å². The van der Waals surface area contributed by atoms with Gasteiger partial charge in [0, 0.05) is 18.6 Å². The lowest BCUT2D eigenvalue weighted by Crippen LogP contribution is -2.51. The molecule has 3 atom stereocenters. The zero-order chi connectivity index (χ0) is 14.4. The van der Waals surface area contributed by atoms with Crippen molar-refractivity contribution in [2.45, 2.75) is 57.0 Å². The first-order valence-corrected chi connectivity index (χ1v) is 9.65. The number of hydrogen-bond donors (Lipinski definition) is 3. The second-order valence-corrected chi connectivity index (χ2v) is 8.13. The number of sulfonamides is 1. The predicted molar refractivity (Wildman–Crippen MR) is 82.2 cm³/mol. The summed E-state index contributed by atoms with van der Waals surface area (Å²) in [5.74, 6) is 0.839. The number of rotatable bonds is 6. The molecule has 118 valence electrons. The first kappa shape index (κ1) is 16.2. The van der Waals surface area contributed by atoms with E-state index in [0.29, 0.717) is 24.5 Å². The van der Waals surface area contributed by atoms with Gasteiger partial charge in [0.05, 0.1) is 5.75 Å². The van der Waals surface area contributed by atoms with Gasteiger partial charge in [0.25, 0.3) is 0 Å². The Hall–Kier alpha value is -0.170. The summed E-state index contributed by atoms with van der Waals surface area (Å²) in [5, 5.41) is 7.17. The summed E-state index contributed by atoms with van der Waals surface area (Å²) in [5.41, 5.74) is 0. The van der Waals surface area contributed by atoms with Crippen LogP contribution in [-0.2, 0) is 10.0 Å². The molecule has 20 heavy (non-hydrogen) atoms. The normalized spacial score (nSPS) is 32.1. The van der Waals surface area contributed by atoms with Crippen LogP contribution >= 0.6 is 0 Å². The van der Waals surface area contributed by atoms with Gasteiger partial charge in [-0.2, -0.15) is 0 Å². The van der Waals surface area contributed by atoms with E-state index in [-0.39, 0.29) is 5.75 Å². The molecule has 2 rings (SSSR count). The van der Waals surface area contributed by atoms with Crippen LogP contribution in [0.3, 0.4) is 0 Å². The molecule has 0 amide bonds. The van der Waals surface area contributed by atoms with Crippen LogP contribution in [0.25, 0.3) is 0 Å². The van der Waals surface area contributed by atoms with E-state index in [1.165, 1.54) is 52.0 Å². The summed E-state index contributed by atoms with van der Waals surface area (Å²) in [6.07, 6.45) is 8.93. The summed E-state index contributed by atoms with van der Waals surface area (Å²) in [6, 6.07) is 1.11. The highest BCUT2D eigenvalue weighted by Gasteiger charge is 2.32. The molecule has 2 fully saturated rings. The van der Waals surface area contributed by atoms with Gasteiger partial charge in [-0.25, -0.2) is 13.1 Å². The third-order valence-corrected chi connectivity index (χ3v) is 6.14. The van der Waals surface area contributed by atoms with Crippen molar-refractivity contribution in [2.24, 2.45) is 5.92 Å². The molecule has 3 unspecified atom stereocenters. The van der Waals surface area contributed by atoms with E-state index >= 15 is 0 Å². The molecular formula is C14H29N3O2S. The van der Waals surface area contributed by atoms with Crippen LogP contribution in [0.4, 0.5) is 0 Å². The van der Waals surface area contributed by atoms with Gasteiger partial charge < -0.3 is 10.6 Å². The van der Waals surface area contributed by atoms with Crippen molar-refractivity contribution in [3.63, 3.8) is 0 Å². The summed E-state index contributed by atoms with van der Waals surface area (Å²) >= 11 is 0. The van der Waals surface area contributed by atoms with Crippen LogP contribution in [0.15, 0.2) is 0 Å². The third-order valence-electron chi connectivity index (χ3n) is 4.77. The molecule has 1 aliphatic heterocycles. The Labute approximate surface area is 123 Å². The van der Waals surface area contributed by atoms with Crippen LogP contribution in [0.5, 0.6) is 0 Å². The molecule has 0 aromatic carbocycles. The lowest BCUT2D eigenvalue weighted by atomic mass is 9.77. The Bertz CT molecular complexity index is 380. The van der Waals surface area contributed by atoms with Crippen LogP contribution in [0.2, 0.25) is 0 Å². The van der Waals surface area contributed by atoms with Gasteiger partial charge in [-0.15, -0.1) is 0 Å². The molecule has 1 saturated heterocycles. The minimum Gasteiger partial charge on any atom is -0.314 e. The number of hydrogen-bond acceptors (Lipinski definition) is 4. The largest absolute Gasteiger partial charge is 0.314 e. The second-order valence-electron chi connectivity index (χ2n) is 6.09. The number of nitrogens with one attached hydrogen (secondary N) is 3. The number of piperidine rings is 1. The maximum atomic E-state index is 11.5. The lowest BCUT2D eigenvalue weighted by molar-refractivity contribution is 0.184. The highest BCUT2D eigenvalue weighted by Crippen LogP contribution is 2.30. The molecule has 1 saturated carbocycles. The first-order chi connectivity index (χ1) is 9.62. The van der Waals surface area contributed by atoms with Crippen molar-refractivity contribution in [3.05, 3.63) is 0 Å². The second kappa shape index (κ2) is 7.73. The Morgan fingerprint density at radius 3 is 2.55 bits per heavy atom. The van der Waals surface area contributed by atoms with E-state index in [4.69, 9.17) is 0 Å². The smallest absolute Gasteiger partial charge is 0.212 e. The van der Waals surface area contributed by atoms with Gasteiger partial charge in [-0.3, -0.25) is 0 Å². The van der Waals surface area contributed by atoms with Crippen molar-refractivity contribution in [1.29, 1.82) is 0 Å². The van der Waals surface area contributed by atoms with Crippen molar-refractivity contribution >= 4 is 10.0 Å². The van der Waals surface area contributed by atoms with Crippen LogP contribution in [0, 0.1) is 5.92 Å². The summed E-state index contributed by atoms with van der Waals surface area (Å²) < 4.78 is 25.3. The summed E-state index contributed by atoms with van der Waals surface area (Å²) in [6.45, 7) is 1.69. The molecule has 6 heteroatoms. The fourth-order valence-corrected chi connectivity index (χ4v) is 4.21. The maximum absolute atomic E-state index is 11.5. The van der Waals surface area contributed by atoms with Crippen molar-refractivity contribution in [3.8, 4) is 0 Å². The molecule has 1 aliphatic carbocycles. The summed E-state index contributed by atoms with van der Waals surface area (Å²) in [4.78, 5) is 0. The zero-order valence-corrected chi connectivity index (χ0v) is 13.3. The molecule has 0 aromatic heterocycles. The monoisotopic (exact) mass is 303 g/mol. The van der Waals surface area contributed by atoms with Gasteiger partial charge in [0.1, 0.15) is 0 Å². The average molecular weight is 303 g/mol. The van der Waals surface area contributed by atoms with E-state index in [9.17, 15) is 8.42 Å². The van der Waals surface area contributed by atoms with Crippen LogP contribution in [-0.4, -0.2) is 46.4 Å². The predicted octanol–water partition coefficient (Wildman–Crippen LogP) is 0.826. The molecule has 0 bridgehead atoms. The Balaban J connectivity index is 1.83. The Morgan fingerprint density at radius 1 is 1.10 bits per heavy atom. The van der Waals surface area contributed by atoms with Gasteiger partial charge in [0.2, 0.25) is 10.0 Å². The Kier molecular flexibility index (Phi) is 6.26. The summed E-state index contributed by atoms with van der Waals surface area (Å²) in [7, 11) is -1.61. The zero-order valence-electron chi connectivity index (χ0n) is 12.5. The standard InChI is InChI=1S/C14H29N3O2S/c1-15-20(18,19)11-10-17-14-7-3-2-6-12(14)13-8-4-5-9-16-13/h12-17H,2-11H2,1H3. The lowest BCUT2D eigenvalue weighted by Gasteiger charge is -2.40. The Morgan fingerprint density at radius 2 is 1.85 bits per heavy atom. The van der Waals surface area contributed by atoms with Gasteiger partial charge in [-0.05, 0) is 45.2 Å². The van der Waals surface area contributed by atoms with Crippen LogP contribution < -0.4 is 15.4 Å². The fourth-order valence-electron chi connectivity index (χ4n) is 3.62. The quantitative estimate of drug-likeness (QED) is 0.680. The maximum Gasteiger partial charge on any atom is 0.212 e. The average Bonchev–Trinajstić information content (AvgIpc) is 2.48.